The average Bonchev–Trinajstić information content (AvgIpc) is 2.53. The Labute approximate surface area is 132 Å². The Morgan fingerprint density at radius 1 is 0.870 bits per heavy atom. The van der Waals surface area contributed by atoms with Gasteiger partial charge in [-0.05, 0) is 36.8 Å². The van der Waals surface area contributed by atoms with Crippen LogP contribution in [0.15, 0.2) is 30.3 Å². The normalized spacial score (nSPS) is 10.3. The van der Waals surface area contributed by atoms with E-state index in [1.807, 2.05) is 0 Å². The van der Waals surface area contributed by atoms with Crippen molar-refractivity contribution in [2.24, 2.45) is 0 Å². The minimum absolute atomic E-state index is 0.0667. The van der Waals surface area contributed by atoms with Crippen LogP contribution in [0.2, 0.25) is 0 Å². The third-order valence-corrected chi connectivity index (χ3v) is 3.27. The molecule has 2 rings (SSSR count). The number of rotatable bonds is 5. The fourth-order valence-electron chi connectivity index (χ4n) is 2.35. The van der Waals surface area contributed by atoms with Gasteiger partial charge in [-0.25, -0.2) is 14.4 Å². The SMILES string of the molecule is CCOC(=O)c1cccc2c(C(=O)OCC)c(C(=O)O)ccc12. The van der Waals surface area contributed by atoms with Crippen LogP contribution in [0.4, 0.5) is 0 Å². The molecule has 0 aliphatic carbocycles. The highest BCUT2D eigenvalue weighted by atomic mass is 16.5. The molecule has 0 saturated heterocycles. The number of carboxylic acid groups (broad SMARTS) is 1. The van der Waals surface area contributed by atoms with Crippen molar-refractivity contribution in [3.63, 3.8) is 0 Å². The second-order valence-corrected chi connectivity index (χ2v) is 4.63. The van der Waals surface area contributed by atoms with Crippen molar-refractivity contribution in [1.29, 1.82) is 0 Å². The summed E-state index contributed by atoms with van der Waals surface area (Å²) < 4.78 is 9.95. The van der Waals surface area contributed by atoms with E-state index in [1.54, 1.807) is 32.0 Å². The molecule has 0 atom stereocenters. The minimum Gasteiger partial charge on any atom is -0.478 e. The van der Waals surface area contributed by atoms with Gasteiger partial charge in [-0.15, -0.1) is 0 Å². The molecule has 2 aromatic carbocycles. The number of carbonyl (C=O) groups excluding carboxylic acids is 2. The molecule has 0 aliphatic rings. The Kier molecular flexibility index (Phi) is 4.95. The molecule has 6 heteroatoms. The fourth-order valence-corrected chi connectivity index (χ4v) is 2.35. The lowest BCUT2D eigenvalue weighted by molar-refractivity contribution is 0.0512. The van der Waals surface area contributed by atoms with Crippen LogP contribution in [-0.2, 0) is 9.47 Å². The average molecular weight is 316 g/mol. The van der Waals surface area contributed by atoms with E-state index < -0.39 is 17.9 Å². The molecule has 0 spiro atoms. The largest absolute Gasteiger partial charge is 0.478 e. The van der Waals surface area contributed by atoms with E-state index in [2.05, 4.69) is 0 Å². The van der Waals surface area contributed by atoms with Gasteiger partial charge >= 0.3 is 17.9 Å². The molecule has 0 amide bonds. The minimum atomic E-state index is -1.24. The van der Waals surface area contributed by atoms with Crippen LogP contribution in [0.5, 0.6) is 0 Å². The zero-order chi connectivity index (χ0) is 17.0. The molecular formula is C17H16O6. The Hall–Kier alpha value is -2.89. The van der Waals surface area contributed by atoms with E-state index >= 15 is 0 Å². The molecular weight excluding hydrogens is 300 g/mol. The number of aromatic carboxylic acids is 1. The van der Waals surface area contributed by atoms with Gasteiger partial charge in [-0.3, -0.25) is 0 Å². The summed E-state index contributed by atoms with van der Waals surface area (Å²) in [5.41, 5.74) is 0.0341. The highest BCUT2D eigenvalue weighted by Gasteiger charge is 2.23. The molecule has 6 nitrogen and oxygen atoms in total. The number of benzene rings is 2. The molecule has 2 aromatic rings. The topological polar surface area (TPSA) is 89.9 Å². The zero-order valence-electron chi connectivity index (χ0n) is 12.8. The van der Waals surface area contributed by atoms with E-state index in [9.17, 15) is 19.5 Å². The number of carbonyl (C=O) groups is 3. The molecule has 120 valence electrons. The molecule has 0 heterocycles. The summed E-state index contributed by atoms with van der Waals surface area (Å²) >= 11 is 0. The van der Waals surface area contributed by atoms with Crippen LogP contribution in [0.3, 0.4) is 0 Å². The molecule has 23 heavy (non-hydrogen) atoms. The molecule has 0 aromatic heterocycles. The number of esters is 2. The Bertz CT molecular complexity index is 778. The van der Waals surface area contributed by atoms with Crippen LogP contribution in [-0.4, -0.2) is 36.2 Å². The van der Waals surface area contributed by atoms with Gasteiger partial charge in [-0.2, -0.15) is 0 Å². The maximum absolute atomic E-state index is 12.2. The van der Waals surface area contributed by atoms with Crippen molar-refractivity contribution >= 4 is 28.7 Å². The summed E-state index contributed by atoms with van der Waals surface area (Å²) in [6.45, 7) is 3.65. The molecule has 0 unspecified atom stereocenters. The molecule has 0 fully saturated rings. The van der Waals surface area contributed by atoms with E-state index in [0.717, 1.165) is 0 Å². The van der Waals surface area contributed by atoms with E-state index in [1.165, 1.54) is 12.1 Å². The van der Waals surface area contributed by atoms with Crippen molar-refractivity contribution < 1.29 is 29.0 Å². The van der Waals surface area contributed by atoms with Crippen LogP contribution < -0.4 is 0 Å². The molecule has 0 saturated carbocycles. The summed E-state index contributed by atoms with van der Waals surface area (Å²) in [7, 11) is 0. The summed E-state index contributed by atoms with van der Waals surface area (Å²) in [6.07, 6.45) is 0. The van der Waals surface area contributed by atoms with Gasteiger partial charge in [0.15, 0.2) is 0 Å². The quantitative estimate of drug-likeness (QED) is 0.853. The first-order valence-electron chi connectivity index (χ1n) is 7.14. The summed E-state index contributed by atoms with van der Waals surface area (Å²) in [5, 5.41) is 10.1. The van der Waals surface area contributed by atoms with Gasteiger partial charge in [0, 0.05) is 0 Å². The second-order valence-electron chi connectivity index (χ2n) is 4.63. The third kappa shape index (κ3) is 3.15. The lowest BCUT2D eigenvalue weighted by atomic mass is 9.96. The summed E-state index contributed by atoms with van der Waals surface area (Å²) in [6, 6.07) is 7.50. The number of ether oxygens (including phenoxy) is 2. The number of carboxylic acids is 1. The van der Waals surface area contributed by atoms with Gasteiger partial charge < -0.3 is 14.6 Å². The first-order valence-corrected chi connectivity index (χ1v) is 7.14. The second kappa shape index (κ2) is 6.91. The Balaban J connectivity index is 2.76. The maximum Gasteiger partial charge on any atom is 0.339 e. The van der Waals surface area contributed by atoms with E-state index in [-0.39, 0.29) is 29.9 Å². The molecule has 1 N–H and O–H groups in total. The number of hydrogen-bond acceptors (Lipinski definition) is 5. The van der Waals surface area contributed by atoms with Crippen molar-refractivity contribution in [2.75, 3.05) is 13.2 Å². The summed E-state index contributed by atoms with van der Waals surface area (Å²) in [5.74, 6) is -2.51. The van der Waals surface area contributed by atoms with Crippen molar-refractivity contribution in [3.8, 4) is 0 Å². The van der Waals surface area contributed by atoms with Gasteiger partial charge in [0.2, 0.25) is 0 Å². The fraction of sp³-hybridized carbons (Fsp3) is 0.235. The third-order valence-electron chi connectivity index (χ3n) is 3.27. The van der Waals surface area contributed by atoms with Crippen LogP contribution in [0.1, 0.15) is 44.9 Å². The van der Waals surface area contributed by atoms with Gasteiger partial charge in [0.05, 0.1) is 29.9 Å². The van der Waals surface area contributed by atoms with Gasteiger partial charge in [-0.1, -0.05) is 18.2 Å². The number of hydrogen-bond donors (Lipinski definition) is 1. The monoisotopic (exact) mass is 316 g/mol. The van der Waals surface area contributed by atoms with E-state index in [4.69, 9.17) is 9.47 Å². The predicted molar refractivity (Wildman–Crippen MR) is 82.8 cm³/mol. The van der Waals surface area contributed by atoms with Crippen molar-refractivity contribution in [2.45, 2.75) is 13.8 Å². The Morgan fingerprint density at radius 3 is 2.13 bits per heavy atom. The maximum atomic E-state index is 12.2. The molecule has 0 aliphatic heterocycles. The van der Waals surface area contributed by atoms with Crippen LogP contribution in [0, 0.1) is 0 Å². The highest BCUT2D eigenvalue weighted by Crippen LogP contribution is 2.27. The lowest BCUT2D eigenvalue weighted by Crippen LogP contribution is -2.13. The van der Waals surface area contributed by atoms with Gasteiger partial charge in [0.1, 0.15) is 0 Å². The highest BCUT2D eigenvalue weighted by molar-refractivity contribution is 6.16. The molecule has 0 radical (unpaired) electrons. The number of fused-ring (bicyclic) bond motifs is 1. The van der Waals surface area contributed by atoms with Crippen molar-refractivity contribution in [3.05, 3.63) is 47.0 Å². The predicted octanol–water partition coefficient (Wildman–Crippen LogP) is 2.89. The Morgan fingerprint density at radius 2 is 1.52 bits per heavy atom. The smallest absolute Gasteiger partial charge is 0.339 e. The first kappa shape index (κ1) is 16.5. The molecule has 0 bridgehead atoms. The zero-order valence-corrected chi connectivity index (χ0v) is 12.8. The summed E-state index contributed by atoms with van der Waals surface area (Å²) in [4.78, 5) is 35.6. The van der Waals surface area contributed by atoms with Gasteiger partial charge in [0.25, 0.3) is 0 Å². The lowest BCUT2D eigenvalue weighted by Gasteiger charge is -2.12. The van der Waals surface area contributed by atoms with Crippen LogP contribution >= 0.6 is 0 Å². The van der Waals surface area contributed by atoms with Crippen molar-refractivity contribution in [1.82, 2.24) is 0 Å². The standard InChI is InChI=1S/C17H16O6/c1-3-22-16(20)12-7-5-6-11-10(12)8-9-13(15(18)19)14(11)17(21)23-4-2/h5-9H,3-4H2,1-2H3,(H,18,19). The van der Waals surface area contributed by atoms with E-state index in [0.29, 0.717) is 10.8 Å². The first-order chi connectivity index (χ1) is 11.0. The van der Waals surface area contributed by atoms with Crippen LogP contribution in [0.25, 0.3) is 10.8 Å².